The summed E-state index contributed by atoms with van der Waals surface area (Å²) in [4.78, 5) is 0. The standard InChI is InChI=1S/2C10H15.2Mo.S2.2H2S/c2*1-6-7(2)9(4)10(5)8(6)3;;;1-2;;/h2*1-5H3;;;;2*1H2/q2*-1;;;-2;;/p-2. The Labute approximate surface area is 205 Å². The van der Waals surface area contributed by atoms with Gasteiger partial charge in [-0.3, -0.25) is 0 Å². The van der Waals surface area contributed by atoms with Crippen LogP contribution in [0.3, 0.4) is 0 Å². The van der Waals surface area contributed by atoms with Crippen LogP contribution in [0.4, 0.5) is 0 Å². The fourth-order valence-electron chi connectivity index (χ4n) is 2.81. The first-order valence-corrected chi connectivity index (χ1v) is 14.8. The van der Waals surface area contributed by atoms with E-state index >= 15 is 0 Å². The maximum atomic E-state index is 3.67. The van der Waals surface area contributed by atoms with Gasteiger partial charge in [-0.2, -0.15) is 55.6 Å². The predicted molar refractivity (Wildman–Crippen MR) is 124 cm³/mol. The Balaban J connectivity index is -0.000000147. The molecule has 0 aliphatic rings. The van der Waals surface area contributed by atoms with Crippen LogP contribution in [0, 0.1) is 69.2 Å². The molecule has 26 heavy (non-hydrogen) atoms. The Kier molecular flexibility index (Phi) is 23.3. The molecule has 0 spiro atoms. The number of rotatable bonds is 0. The molecule has 2 aromatic rings. The van der Waals surface area contributed by atoms with Crippen molar-refractivity contribution in [3.05, 3.63) is 55.6 Å². The van der Waals surface area contributed by atoms with E-state index in [-0.39, 0.29) is 27.0 Å². The van der Waals surface area contributed by atoms with E-state index in [2.05, 4.69) is 92.6 Å². The smallest absolute Gasteiger partial charge is 0.813 e. The second-order valence-corrected chi connectivity index (χ2v) is 6.25. The molecule has 2 rings (SSSR count). The van der Waals surface area contributed by atoms with E-state index in [1.807, 2.05) is 32.4 Å². The van der Waals surface area contributed by atoms with Crippen LogP contribution >= 0.6 is 0 Å². The van der Waals surface area contributed by atoms with Crippen molar-refractivity contribution >= 4 is 50.3 Å². The summed E-state index contributed by atoms with van der Waals surface area (Å²) in [5.74, 6) is 0. The molecule has 0 fully saturated rings. The third-order valence-electron chi connectivity index (χ3n) is 5.62. The Morgan fingerprint density at radius 2 is 0.615 bits per heavy atom. The summed E-state index contributed by atoms with van der Waals surface area (Å²) in [6.45, 7) is 22.0. The largest absolute Gasteiger partial charge is 1.00 e. The molecule has 0 unspecified atom stereocenters. The summed E-state index contributed by atoms with van der Waals surface area (Å²) in [6, 6.07) is 0. The van der Waals surface area contributed by atoms with E-state index in [0.717, 1.165) is 0 Å². The number of hydrogen-bond donors (Lipinski definition) is 0. The Morgan fingerprint density at radius 3 is 0.654 bits per heavy atom. The molecule has 6 heteroatoms. The van der Waals surface area contributed by atoms with Gasteiger partial charge in [-0.15, -0.1) is 0 Å². The van der Waals surface area contributed by atoms with Crippen molar-refractivity contribution in [3.63, 3.8) is 0 Å². The molecule has 0 atom stereocenters. The summed E-state index contributed by atoms with van der Waals surface area (Å²) >= 11 is 11.3. The average molecular weight is 593 g/mol. The minimum Gasteiger partial charge on any atom is -1.00 e. The van der Waals surface area contributed by atoms with Gasteiger partial charge in [-0.05, 0) is 0 Å². The van der Waals surface area contributed by atoms with Crippen LogP contribution < -0.4 is 0 Å². The molecule has 0 N–H and O–H groups in total. The Morgan fingerprint density at radius 1 is 0.500 bits per heavy atom. The normalized spacial score (nSPS) is 8.46. The fourth-order valence-corrected chi connectivity index (χ4v) is 2.81. The Hall–Kier alpha value is 1.48. The summed E-state index contributed by atoms with van der Waals surface area (Å²) < 4.78 is 0. The fraction of sp³-hybridized carbons (Fsp3) is 0.500. The van der Waals surface area contributed by atoms with E-state index < -0.39 is 0 Å². The number of thiol groups is 2. The van der Waals surface area contributed by atoms with Gasteiger partial charge >= 0.3 is 32.4 Å². The maximum absolute atomic E-state index is 3.67. The monoisotopic (exact) mass is 596 g/mol. The predicted octanol–water partition coefficient (Wildman–Crippen LogP) is 5.35. The molecule has 0 aliphatic heterocycles. The molecule has 0 aromatic heterocycles. The van der Waals surface area contributed by atoms with Crippen LogP contribution in [-0.2, 0) is 82.8 Å². The molecule has 0 aliphatic carbocycles. The molecule has 0 heterocycles. The van der Waals surface area contributed by atoms with Crippen molar-refractivity contribution < 1.29 is 32.4 Å². The summed E-state index contributed by atoms with van der Waals surface area (Å²) in [5.41, 5.74) is 14.7. The van der Waals surface area contributed by atoms with Gasteiger partial charge in [-0.1, -0.05) is 69.2 Å². The molecule has 0 nitrogen and oxygen atoms in total. The van der Waals surface area contributed by atoms with E-state index in [1.165, 1.54) is 55.6 Å². The molecular weight excluding hydrogens is 560 g/mol. The summed E-state index contributed by atoms with van der Waals surface area (Å²) in [6.07, 6.45) is 0. The van der Waals surface area contributed by atoms with Crippen LogP contribution in [-0.4, -0.2) is 0 Å². The van der Waals surface area contributed by atoms with Gasteiger partial charge < -0.3 is 50.3 Å². The zero-order chi connectivity index (χ0) is 19.8. The van der Waals surface area contributed by atoms with Gasteiger partial charge in [-0.25, -0.2) is 0 Å². The molecule has 0 saturated carbocycles. The van der Waals surface area contributed by atoms with Gasteiger partial charge in [0.1, 0.15) is 0 Å². The number of hydrogen-bond acceptors (Lipinski definition) is 4. The van der Waals surface area contributed by atoms with Crippen LogP contribution in [0.25, 0.3) is 0 Å². The van der Waals surface area contributed by atoms with Crippen molar-refractivity contribution in [2.24, 2.45) is 0 Å². The van der Waals surface area contributed by atoms with Crippen molar-refractivity contribution in [1.82, 2.24) is 0 Å². The summed E-state index contributed by atoms with van der Waals surface area (Å²) in [5, 5.41) is 0. The third-order valence-corrected chi connectivity index (χ3v) is 5.62. The minimum absolute atomic E-state index is 0. The SMILES string of the molecule is Cc1c(C)c(C)[c-](C)c1C.Cc1c(C)c(C)[c-](C)c1C.[Mo]=[Mo].[S-][S-].[SH-].[SH-]. The average Bonchev–Trinajstić information content (AvgIpc) is 2.89. The van der Waals surface area contributed by atoms with E-state index in [9.17, 15) is 0 Å². The van der Waals surface area contributed by atoms with Crippen LogP contribution in [0.5, 0.6) is 0 Å². The zero-order valence-corrected chi connectivity index (χ0v) is 25.0. The molecule has 0 radical (unpaired) electrons. The van der Waals surface area contributed by atoms with Gasteiger partial charge in [0.05, 0.1) is 0 Å². The van der Waals surface area contributed by atoms with Gasteiger partial charge in [0.2, 0.25) is 0 Å². The molecule has 154 valence electrons. The van der Waals surface area contributed by atoms with Crippen LogP contribution in [0.15, 0.2) is 0 Å². The first-order valence-electron chi connectivity index (χ1n) is 7.83. The van der Waals surface area contributed by atoms with Gasteiger partial charge in [0.25, 0.3) is 0 Å². The summed E-state index contributed by atoms with van der Waals surface area (Å²) in [7, 11) is 0. The minimum atomic E-state index is 0. The molecule has 0 bridgehead atoms. The molecule has 2 aromatic carbocycles. The second-order valence-electron chi connectivity index (χ2n) is 6.25. The van der Waals surface area contributed by atoms with Crippen LogP contribution in [0.1, 0.15) is 55.6 Å². The van der Waals surface area contributed by atoms with Gasteiger partial charge in [0, 0.05) is 0 Å². The van der Waals surface area contributed by atoms with Gasteiger partial charge in [0.15, 0.2) is 0 Å². The quantitative estimate of drug-likeness (QED) is 0.133. The topological polar surface area (TPSA) is 0 Å². The second kappa shape index (κ2) is 17.3. The van der Waals surface area contributed by atoms with E-state index in [4.69, 9.17) is 0 Å². The molecular formula is C20H32Mo2S4-6. The first-order chi connectivity index (χ1) is 11.1. The van der Waals surface area contributed by atoms with E-state index in [0.29, 0.717) is 0 Å². The van der Waals surface area contributed by atoms with E-state index in [1.54, 1.807) is 0 Å². The van der Waals surface area contributed by atoms with Crippen molar-refractivity contribution in [2.45, 2.75) is 69.2 Å². The Bertz CT molecular complexity index is 439. The first kappa shape index (κ1) is 34.9. The maximum Gasteiger partial charge on any atom is -0.813 e. The molecule has 0 amide bonds. The zero-order valence-electron chi connectivity index (χ0n) is 17.5. The van der Waals surface area contributed by atoms with Crippen molar-refractivity contribution in [3.8, 4) is 0 Å². The third kappa shape index (κ3) is 8.87. The molecule has 0 saturated heterocycles. The van der Waals surface area contributed by atoms with Crippen molar-refractivity contribution in [1.29, 1.82) is 0 Å². The van der Waals surface area contributed by atoms with Crippen LogP contribution in [0.2, 0.25) is 0 Å². The van der Waals surface area contributed by atoms with Crippen molar-refractivity contribution in [2.75, 3.05) is 0 Å².